The Morgan fingerprint density at radius 1 is 1.05 bits per heavy atom. The lowest BCUT2D eigenvalue weighted by atomic mass is 10.1. The van der Waals surface area contributed by atoms with Gasteiger partial charge in [0, 0.05) is 0 Å². The van der Waals surface area contributed by atoms with E-state index in [4.69, 9.17) is 4.84 Å². The molecule has 0 N–H and O–H groups in total. The minimum atomic E-state index is -0.441. The van der Waals surface area contributed by atoms with Crippen LogP contribution in [0.5, 0.6) is 0 Å². The van der Waals surface area contributed by atoms with Crippen LogP contribution in [0.3, 0.4) is 0 Å². The SMILES string of the molecule is O=C1c2ccccc2C(=O)N1OCC#Cc1cccs1. The Kier molecular flexibility index (Phi) is 3.33. The molecule has 20 heavy (non-hydrogen) atoms. The summed E-state index contributed by atoms with van der Waals surface area (Å²) in [6.45, 7) is -0.0105. The smallest absolute Gasteiger partial charge is 0.266 e. The zero-order valence-electron chi connectivity index (χ0n) is 10.3. The first-order chi connectivity index (χ1) is 9.77. The summed E-state index contributed by atoms with van der Waals surface area (Å²) < 4.78 is 0. The highest BCUT2D eigenvalue weighted by molar-refractivity contribution is 7.10. The summed E-state index contributed by atoms with van der Waals surface area (Å²) in [7, 11) is 0. The van der Waals surface area contributed by atoms with Crippen LogP contribution in [-0.4, -0.2) is 23.5 Å². The fourth-order valence-corrected chi connectivity index (χ4v) is 2.45. The van der Waals surface area contributed by atoms with Crippen LogP contribution in [0.15, 0.2) is 41.8 Å². The first-order valence-electron chi connectivity index (χ1n) is 5.90. The van der Waals surface area contributed by atoms with Gasteiger partial charge in [0.25, 0.3) is 11.8 Å². The van der Waals surface area contributed by atoms with Crippen LogP contribution in [0.2, 0.25) is 0 Å². The molecule has 0 atom stereocenters. The van der Waals surface area contributed by atoms with Gasteiger partial charge in [-0.2, -0.15) is 0 Å². The maximum absolute atomic E-state index is 12.0. The van der Waals surface area contributed by atoms with Gasteiger partial charge in [-0.3, -0.25) is 9.59 Å². The van der Waals surface area contributed by atoms with Gasteiger partial charge in [-0.05, 0) is 23.6 Å². The Hall–Kier alpha value is -2.42. The third-order valence-corrected chi connectivity index (χ3v) is 3.54. The van der Waals surface area contributed by atoms with Gasteiger partial charge in [-0.25, -0.2) is 4.84 Å². The minimum absolute atomic E-state index is 0.0105. The molecule has 0 saturated carbocycles. The molecule has 1 aliphatic rings. The Balaban J connectivity index is 1.68. The maximum atomic E-state index is 12.0. The summed E-state index contributed by atoms with van der Waals surface area (Å²) >= 11 is 1.52. The third kappa shape index (κ3) is 2.23. The number of benzene rings is 1. The Morgan fingerprint density at radius 2 is 1.75 bits per heavy atom. The first-order valence-corrected chi connectivity index (χ1v) is 6.78. The van der Waals surface area contributed by atoms with Crippen molar-refractivity contribution >= 4 is 23.2 Å². The Labute approximate surface area is 119 Å². The largest absolute Gasteiger partial charge is 0.285 e. The van der Waals surface area contributed by atoms with Crippen LogP contribution >= 0.6 is 11.3 Å². The molecule has 0 bridgehead atoms. The van der Waals surface area contributed by atoms with Crippen molar-refractivity contribution in [2.75, 3.05) is 6.61 Å². The van der Waals surface area contributed by atoms with Crippen molar-refractivity contribution < 1.29 is 14.4 Å². The average Bonchev–Trinajstić information content (AvgIpc) is 3.06. The molecule has 0 unspecified atom stereocenters. The number of nitrogens with zero attached hydrogens (tertiary/aromatic N) is 1. The fraction of sp³-hybridized carbons (Fsp3) is 0.0667. The highest BCUT2D eigenvalue weighted by Gasteiger charge is 2.36. The van der Waals surface area contributed by atoms with Crippen molar-refractivity contribution in [2.45, 2.75) is 0 Å². The highest BCUT2D eigenvalue weighted by Crippen LogP contribution is 2.22. The van der Waals surface area contributed by atoms with E-state index < -0.39 is 11.8 Å². The molecule has 5 heteroatoms. The van der Waals surface area contributed by atoms with Gasteiger partial charge in [0.05, 0.1) is 16.0 Å². The summed E-state index contributed by atoms with van der Waals surface area (Å²) in [4.78, 5) is 30.0. The number of hydrogen-bond donors (Lipinski definition) is 0. The number of amides is 2. The van der Waals surface area contributed by atoms with E-state index >= 15 is 0 Å². The fourth-order valence-electron chi connectivity index (χ4n) is 1.85. The molecule has 2 amide bonds. The molecule has 0 saturated heterocycles. The van der Waals surface area contributed by atoms with Crippen molar-refractivity contribution in [1.29, 1.82) is 0 Å². The van der Waals surface area contributed by atoms with Gasteiger partial charge in [0.15, 0.2) is 0 Å². The second-order valence-corrected chi connectivity index (χ2v) is 4.95. The van der Waals surface area contributed by atoms with Crippen LogP contribution < -0.4 is 0 Å². The van der Waals surface area contributed by atoms with E-state index in [1.165, 1.54) is 11.3 Å². The van der Waals surface area contributed by atoms with Crippen LogP contribution in [-0.2, 0) is 4.84 Å². The number of rotatable bonds is 2. The van der Waals surface area contributed by atoms with Crippen molar-refractivity contribution in [3.8, 4) is 11.8 Å². The number of hydrogen-bond acceptors (Lipinski definition) is 4. The molecular formula is C15H9NO3S. The summed E-state index contributed by atoms with van der Waals surface area (Å²) in [6, 6.07) is 10.4. The van der Waals surface area contributed by atoms with Gasteiger partial charge in [0.2, 0.25) is 0 Å². The van der Waals surface area contributed by atoms with E-state index in [2.05, 4.69) is 11.8 Å². The topological polar surface area (TPSA) is 46.6 Å². The van der Waals surface area contributed by atoms with Crippen LogP contribution in [0, 0.1) is 11.8 Å². The van der Waals surface area contributed by atoms with Gasteiger partial charge in [-0.15, -0.1) is 16.4 Å². The Morgan fingerprint density at radius 3 is 2.35 bits per heavy atom. The van der Waals surface area contributed by atoms with Crippen LogP contribution in [0.4, 0.5) is 0 Å². The summed E-state index contributed by atoms with van der Waals surface area (Å²) in [5, 5.41) is 2.70. The second kappa shape index (κ2) is 5.29. The predicted molar refractivity (Wildman–Crippen MR) is 74.1 cm³/mol. The summed E-state index contributed by atoms with van der Waals surface area (Å²) in [5.74, 6) is 4.79. The Bertz CT molecular complexity index is 690. The molecule has 0 radical (unpaired) electrons. The first kappa shape index (κ1) is 12.6. The van der Waals surface area contributed by atoms with Crippen molar-refractivity contribution in [1.82, 2.24) is 5.06 Å². The molecule has 0 fully saturated rings. The molecule has 2 heterocycles. The molecule has 1 aromatic heterocycles. The molecule has 3 rings (SSSR count). The number of hydroxylamine groups is 2. The van der Waals surface area contributed by atoms with Crippen LogP contribution in [0.25, 0.3) is 0 Å². The van der Waals surface area contributed by atoms with E-state index in [1.807, 2.05) is 17.5 Å². The number of carbonyl (C=O) groups excluding carboxylic acids is 2. The number of fused-ring (bicyclic) bond motifs is 1. The zero-order chi connectivity index (χ0) is 13.9. The number of thiophene rings is 1. The van der Waals surface area contributed by atoms with Crippen molar-refractivity contribution in [2.24, 2.45) is 0 Å². The summed E-state index contributed by atoms with van der Waals surface area (Å²) in [5.41, 5.74) is 0.729. The van der Waals surface area contributed by atoms with Crippen molar-refractivity contribution in [3.05, 3.63) is 57.8 Å². The monoisotopic (exact) mass is 283 g/mol. The van der Waals surface area contributed by atoms with E-state index in [0.29, 0.717) is 11.1 Å². The molecular weight excluding hydrogens is 274 g/mol. The molecule has 0 aliphatic carbocycles. The zero-order valence-corrected chi connectivity index (χ0v) is 11.1. The molecule has 1 aliphatic heterocycles. The van der Waals surface area contributed by atoms with Gasteiger partial charge in [0.1, 0.15) is 6.61 Å². The summed E-state index contributed by atoms with van der Waals surface area (Å²) in [6.07, 6.45) is 0. The van der Waals surface area contributed by atoms with E-state index in [0.717, 1.165) is 9.94 Å². The maximum Gasteiger partial charge on any atom is 0.285 e. The molecule has 0 spiro atoms. The highest BCUT2D eigenvalue weighted by atomic mass is 32.1. The van der Waals surface area contributed by atoms with E-state index in [9.17, 15) is 9.59 Å². The second-order valence-electron chi connectivity index (χ2n) is 4.00. The van der Waals surface area contributed by atoms with Gasteiger partial charge < -0.3 is 0 Å². The van der Waals surface area contributed by atoms with E-state index in [-0.39, 0.29) is 6.61 Å². The molecule has 4 nitrogen and oxygen atoms in total. The lowest BCUT2D eigenvalue weighted by molar-refractivity contribution is -0.0782. The molecule has 1 aromatic carbocycles. The molecule has 2 aromatic rings. The quantitative estimate of drug-likeness (QED) is 0.627. The average molecular weight is 283 g/mol. The standard InChI is InChI=1S/C15H9NO3S/c17-14-12-7-1-2-8-13(12)15(18)16(14)19-9-3-5-11-6-4-10-20-11/h1-2,4,6-8,10H,9H2. The lowest BCUT2D eigenvalue weighted by Crippen LogP contribution is -2.30. The van der Waals surface area contributed by atoms with E-state index in [1.54, 1.807) is 24.3 Å². The van der Waals surface area contributed by atoms with Gasteiger partial charge in [-0.1, -0.05) is 30.0 Å². The number of imide groups is 1. The molecule has 98 valence electrons. The lowest BCUT2D eigenvalue weighted by Gasteiger charge is -2.10. The predicted octanol–water partition coefficient (Wildman–Crippen LogP) is 2.33. The third-order valence-electron chi connectivity index (χ3n) is 2.76. The van der Waals surface area contributed by atoms with Crippen molar-refractivity contribution in [3.63, 3.8) is 0 Å². The number of carbonyl (C=O) groups is 2. The van der Waals surface area contributed by atoms with Crippen LogP contribution in [0.1, 0.15) is 25.6 Å². The normalized spacial score (nSPS) is 13.1. The minimum Gasteiger partial charge on any atom is -0.266 e. The van der Waals surface area contributed by atoms with Gasteiger partial charge >= 0.3 is 0 Å².